The van der Waals surface area contributed by atoms with Crippen molar-refractivity contribution >= 4 is 50.6 Å². The second-order valence-electron chi connectivity index (χ2n) is 6.58. The molecule has 0 saturated carbocycles. The van der Waals surface area contributed by atoms with Crippen molar-refractivity contribution in [1.29, 1.82) is 0 Å². The summed E-state index contributed by atoms with van der Waals surface area (Å²) in [5.41, 5.74) is 2.54. The molecular weight excluding hydrogens is 442 g/mol. The Morgan fingerprint density at radius 2 is 1.93 bits per heavy atom. The smallest absolute Gasteiger partial charge is 0.272 e. The van der Waals surface area contributed by atoms with E-state index in [1.165, 1.54) is 29.2 Å². The second kappa shape index (κ2) is 8.99. The number of aryl methyl sites for hydroxylation is 1. The molecule has 9 heteroatoms. The van der Waals surface area contributed by atoms with E-state index in [0.29, 0.717) is 39.1 Å². The number of benzene rings is 2. The largest absolute Gasteiger partial charge is 0.286 e. The summed E-state index contributed by atoms with van der Waals surface area (Å²) in [4.78, 5) is 28.3. The highest BCUT2D eigenvalue weighted by Crippen LogP contribution is 2.25. The maximum atomic E-state index is 13.1. The number of hydrogen-bond donors (Lipinski definition) is 0. The maximum absolute atomic E-state index is 13.1. The molecule has 0 atom stereocenters. The molecule has 2 aromatic carbocycles. The minimum Gasteiger partial charge on any atom is -0.286 e. The van der Waals surface area contributed by atoms with Gasteiger partial charge in [0.05, 0.1) is 10.4 Å². The van der Waals surface area contributed by atoms with Crippen LogP contribution in [0.1, 0.15) is 11.1 Å². The minimum atomic E-state index is -0.411. The van der Waals surface area contributed by atoms with Crippen molar-refractivity contribution < 1.29 is 4.92 Å². The Balaban J connectivity index is 1.61. The van der Waals surface area contributed by atoms with Crippen molar-refractivity contribution in [2.75, 3.05) is 0 Å². The Kier molecular flexibility index (Phi) is 6.17. The molecule has 30 heavy (non-hydrogen) atoms. The van der Waals surface area contributed by atoms with Gasteiger partial charge in [0.2, 0.25) is 0 Å². The molecular formula is C21H16ClN3O3S2. The summed E-state index contributed by atoms with van der Waals surface area (Å²) < 4.78 is 2.32. The molecule has 0 aliphatic carbocycles. The summed E-state index contributed by atoms with van der Waals surface area (Å²) >= 11 is 8.74. The summed E-state index contributed by atoms with van der Waals surface area (Å²) in [6.45, 7) is 0.485. The van der Waals surface area contributed by atoms with Crippen LogP contribution in [0.15, 0.2) is 69.9 Å². The molecule has 4 aromatic rings. The van der Waals surface area contributed by atoms with Gasteiger partial charge in [-0.2, -0.15) is 0 Å². The van der Waals surface area contributed by atoms with Crippen LogP contribution in [0.25, 0.3) is 10.2 Å². The molecule has 0 aliphatic heterocycles. The van der Waals surface area contributed by atoms with Crippen molar-refractivity contribution in [2.24, 2.45) is 0 Å². The first-order valence-corrected chi connectivity index (χ1v) is 11.3. The topological polar surface area (TPSA) is 78.0 Å². The molecule has 0 radical (unpaired) electrons. The van der Waals surface area contributed by atoms with Crippen LogP contribution in [-0.2, 0) is 18.7 Å². The van der Waals surface area contributed by atoms with E-state index in [2.05, 4.69) is 4.98 Å². The van der Waals surface area contributed by atoms with Gasteiger partial charge in [0.25, 0.3) is 11.2 Å². The number of aromatic nitrogens is 2. The van der Waals surface area contributed by atoms with Crippen molar-refractivity contribution in [1.82, 2.24) is 9.55 Å². The van der Waals surface area contributed by atoms with E-state index in [0.717, 1.165) is 11.1 Å². The Labute approximate surface area is 185 Å². The number of non-ortho nitro benzene ring substituents is 1. The molecule has 0 amide bonds. The number of nitro groups is 1. The molecule has 0 saturated heterocycles. The number of thiophene rings is 1. The molecule has 0 unspecified atom stereocenters. The van der Waals surface area contributed by atoms with E-state index in [1.54, 1.807) is 16.7 Å². The summed E-state index contributed by atoms with van der Waals surface area (Å²) in [5, 5.41) is 14.2. The van der Waals surface area contributed by atoms with Gasteiger partial charge in [-0.25, -0.2) is 4.98 Å². The quantitative estimate of drug-likeness (QED) is 0.157. The minimum absolute atomic E-state index is 0.0504. The molecule has 0 fully saturated rings. The van der Waals surface area contributed by atoms with Crippen molar-refractivity contribution in [3.05, 3.63) is 96.6 Å². The summed E-state index contributed by atoms with van der Waals surface area (Å²) in [7, 11) is 0. The van der Waals surface area contributed by atoms with E-state index in [-0.39, 0.29) is 11.2 Å². The van der Waals surface area contributed by atoms with Crippen molar-refractivity contribution in [3.8, 4) is 0 Å². The van der Waals surface area contributed by atoms with Crippen LogP contribution in [0.5, 0.6) is 0 Å². The van der Waals surface area contributed by atoms with Crippen LogP contribution in [0.3, 0.4) is 0 Å². The average molecular weight is 458 g/mol. The molecule has 0 spiro atoms. The van der Waals surface area contributed by atoms with Crippen LogP contribution in [0.4, 0.5) is 5.69 Å². The number of halogens is 1. The van der Waals surface area contributed by atoms with E-state index < -0.39 is 4.92 Å². The van der Waals surface area contributed by atoms with Crippen LogP contribution in [0.2, 0.25) is 5.02 Å². The van der Waals surface area contributed by atoms with Gasteiger partial charge < -0.3 is 0 Å². The lowest BCUT2D eigenvalue weighted by molar-refractivity contribution is -0.384. The Hall–Kier alpha value is -2.68. The monoisotopic (exact) mass is 457 g/mol. The molecule has 152 valence electrons. The molecule has 6 nitrogen and oxygen atoms in total. The number of nitrogens with zero attached hydrogens (tertiary/aromatic N) is 3. The van der Waals surface area contributed by atoms with E-state index in [1.807, 2.05) is 41.8 Å². The van der Waals surface area contributed by atoms with Gasteiger partial charge in [-0.1, -0.05) is 47.6 Å². The molecule has 0 bridgehead atoms. The number of nitro benzene ring substituents is 1. The zero-order chi connectivity index (χ0) is 21.1. The first-order valence-electron chi connectivity index (χ1n) is 9.10. The SMILES string of the molecule is O=c1c2sccc2nc(SCc2cccc([N+](=O)[O-])c2)n1CCc1ccc(Cl)cc1. The Morgan fingerprint density at radius 3 is 2.70 bits per heavy atom. The van der Waals surface area contributed by atoms with Gasteiger partial charge in [-0.15, -0.1) is 11.3 Å². The Bertz CT molecular complexity index is 1270. The lowest BCUT2D eigenvalue weighted by atomic mass is 10.1. The van der Waals surface area contributed by atoms with Crippen LogP contribution in [-0.4, -0.2) is 14.5 Å². The molecule has 2 heterocycles. The first kappa shape index (κ1) is 20.6. The highest BCUT2D eigenvalue weighted by atomic mass is 35.5. The third-order valence-electron chi connectivity index (χ3n) is 4.56. The summed E-state index contributed by atoms with van der Waals surface area (Å²) in [5.74, 6) is 0.477. The number of thioether (sulfide) groups is 1. The number of hydrogen-bond acceptors (Lipinski definition) is 6. The fraction of sp³-hybridized carbons (Fsp3) is 0.143. The highest BCUT2D eigenvalue weighted by molar-refractivity contribution is 7.98. The molecule has 0 N–H and O–H groups in total. The van der Waals surface area contributed by atoms with Crippen molar-refractivity contribution in [3.63, 3.8) is 0 Å². The zero-order valence-corrected chi connectivity index (χ0v) is 18.0. The van der Waals surface area contributed by atoms with Crippen LogP contribution in [0, 0.1) is 10.1 Å². The lowest BCUT2D eigenvalue weighted by Crippen LogP contribution is -2.23. The molecule has 2 aromatic heterocycles. The van der Waals surface area contributed by atoms with Gasteiger partial charge in [-0.3, -0.25) is 19.5 Å². The number of rotatable bonds is 7. The van der Waals surface area contributed by atoms with Gasteiger partial charge in [0.1, 0.15) is 4.70 Å². The maximum Gasteiger partial charge on any atom is 0.272 e. The fourth-order valence-corrected chi connectivity index (χ4v) is 4.90. The van der Waals surface area contributed by atoms with E-state index >= 15 is 0 Å². The van der Waals surface area contributed by atoms with Crippen LogP contribution >= 0.6 is 34.7 Å². The number of fused-ring (bicyclic) bond motifs is 1. The Morgan fingerprint density at radius 1 is 1.13 bits per heavy atom. The molecule has 4 rings (SSSR count). The van der Waals surface area contributed by atoms with Crippen LogP contribution < -0.4 is 5.56 Å². The average Bonchev–Trinajstić information content (AvgIpc) is 3.22. The zero-order valence-electron chi connectivity index (χ0n) is 15.7. The lowest BCUT2D eigenvalue weighted by Gasteiger charge is -2.12. The highest BCUT2D eigenvalue weighted by Gasteiger charge is 2.14. The third kappa shape index (κ3) is 4.56. The van der Waals surface area contributed by atoms with Gasteiger partial charge in [0.15, 0.2) is 5.16 Å². The standard InChI is InChI=1S/C21H16ClN3O3S2/c22-16-6-4-14(5-7-16)8-10-24-20(26)19-18(9-11-29-19)23-21(24)30-13-15-2-1-3-17(12-15)25(27)28/h1-7,9,11-12H,8,10,13H2. The van der Waals surface area contributed by atoms with E-state index in [9.17, 15) is 14.9 Å². The molecule has 0 aliphatic rings. The van der Waals surface area contributed by atoms with Crippen molar-refractivity contribution in [2.45, 2.75) is 23.9 Å². The van der Waals surface area contributed by atoms with Gasteiger partial charge >= 0.3 is 0 Å². The predicted octanol–water partition coefficient (Wildman–Crippen LogP) is 5.55. The second-order valence-corrected chi connectivity index (χ2v) is 8.87. The first-order chi connectivity index (χ1) is 14.5. The third-order valence-corrected chi connectivity index (χ3v) is 6.75. The predicted molar refractivity (Wildman–Crippen MR) is 122 cm³/mol. The fourth-order valence-electron chi connectivity index (χ4n) is 3.03. The van der Waals surface area contributed by atoms with Gasteiger partial charge in [-0.05, 0) is 41.1 Å². The summed E-state index contributed by atoms with van der Waals surface area (Å²) in [6.07, 6.45) is 0.667. The summed E-state index contributed by atoms with van der Waals surface area (Å²) in [6, 6.07) is 15.9. The van der Waals surface area contributed by atoms with Gasteiger partial charge in [0, 0.05) is 29.5 Å². The van der Waals surface area contributed by atoms with E-state index in [4.69, 9.17) is 11.6 Å². The normalized spacial score (nSPS) is 11.1.